The van der Waals surface area contributed by atoms with Crippen molar-refractivity contribution in [2.75, 3.05) is 13.1 Å². The summed E-state index contributed by atoms with van der Waals surface area (Å²) < 4.78 is 4.93. The van der Waals surface area contributed by atoms with Gasteiger partial charge in [-0.1, -0.05) is 52.3 Å². The van der Waals surface area contributed by atoms with Gasteiger partial charge < -0.3 is 19.4 Å². The lowest BCUT2D eigenvalue weighted by molar-refractivity contribution is -0.138. The minimum absolute atomic E-state index is 0.0256. The van der Waals surface area contributed by atoms with Crippen LogP contribution in [0.2, 0.25) is 0 Å². The first-order valence-electron chi connectivity index (χ1n) is 13.5. The van der Waals surface area contributed by atoms with E-state index in [0.29, 0.717) is 13.1 Å². The number of carbonyl (C=O) groups excluding carboxylic acids is 1. The van der Waals surface area contributed by atoms with E-state index in [0.717, 1.165) is 48.0 Å². The molecule has 6 nitrogen and oxygen atoms in total. The van der Waals surface area contributed by atoms with Crippen molar-refractivity contribution in [2.45, 2.75) is 44.3 Å². The summed E-state index contributed by atoms with van der Waals surface area (Å²) in [6, 6.07) is 20.8. The third kappa shape index (κ3) is 4.97. The molecule has 0 unspecified atom stereocenters. The predicted octanol–water partition coefficient (Wildman–Crippen LogP) is 5.04. The van der Waals surface area contributed by atoms with Gasteiger partial charge in [0, 0.05) is 66.6 Å². The molecule has 6 rings (SSSR count). The first-order valence-corrected chi connectivity index (χ1v) is 14.3. The van der Waals surface area contributed by atoms with Crippen molar-refractivity contribution in [3.63, 3.8) is 0 Å². The van der Waals surface area contributed by atoms with Gasteiger partial charge in [-0.2, -0.15) is 0 Å². The maximum Gasteiger partial charge on any atom is 0.250 e. The van der Waals surface area contributed by atoms with E-state index >= 15 is 0 Å². The second-order valence-electron chi connectivity index (χ2n) is 10.7. The van der Waals surface area contributed by atoms with Gasteiger partial charge in [0.1, 0.15) is 0 Å². The molecule has 1 saturated carbocycles. The minimum Gasteiger partial charge on any atom is -0.343 e. The first-order chi connectivity index (χ1) is 18.5. The maximum absolute atomic E-state index is 14.2. The molecule has 2 atom stereocenters. The number of nitrogens with one attached hydrogen (secondary N) is 1. The molecule has 1 N–H and O–H groups in total. The van der Waals surface area contributed by atoms with Gasteiger partial charge in [-0.25, -0.2) is 0 Å². The normalized spacial score (nSPS) is 19.5. The molecule has 3 heterocycles. The topological polar surface area (TPSA) is 59.3 Å². The summed E-state index contributed by atoms with van der Waals surface area (Å²) in [5.74, 6) is 0.0593. The fraction of sp³-hybridized carbons (Fsp3) is 0.355. The number of halogens is 1. The van der Waals surface area contributed by atoms with E-state index in [1.165, 1.54) is 16.5 Å². The summed E-state index contributed by atoms with van der Waals surface area (Å²) in [7, 11) is 1.76. The van der Waals surface area contributed by atoms with Crippen molar-refractivity contribution in [1.82, 2.24) is 19.4 Å². The highest BCUT2D eigenvalue weighted by atomic mass is 79.9. The Bertz CT molecular complexity index is 1520. The van der Waals surface area contributed by atoms with Crippen molar-refractivity contribution in [2.24, 2.45) is 13.0 Å². The third-order valence-corrected chi connectivity index (χ3v) is 8.76. The lowest BCUT2D eigenvalue weighted by atomic mass is 9.80. The van der Waals surface area contributed by atoms with Crippen LogP contribution in [0.15, 0.2) is 82.3 Å². The molecule has 2 aromatic heterocycles. The number of aryl methyl sites for hydroxylation is 1. The molecule has 1 amide bonds. The van der Waals surface area contributed by atoms with E-state index in [1.54, 1.807) is 17.7 Å². The SMILES string of the molecule is Cn1ccc([C@H]2CCNC[C@@H]2C(=O)N(Cc2cn(Cc3ccccc3)c3cccc(Br)c23)C2CC2)cc1=O. The molecule has 2 aromatic carbocycles. The Balaban J connectivity index is 1.33. The number of nitrogens with zero attached hydrogens (tertiary/aromatic N) is 3. The molecule has 38 heavy (non-hydrogen) atoms. The second kappa shape index (κ2) is 10.5. The van der Waals surface area contributed by atoms with Gasteiger partial charge in [0.15, 0.2) is 0 Å². The molecular weight excluding hydrogens is 540 g/mol. The smallest absolute Gasteiger partial charge is 0.250 e. The molecule has 7 heteroatoms. The van der Waals surface area contributed by atoms with Crippen molar-refractivity contribution in [3.05, 3.63) is 105 Å². The number of benzene rings is 2. The van der Waals surface area contributed by atoms with Crippen LogP contribution in [-0.2, 0) is 24.9 Å². The van der Waals surface area contributed by atoms with E-state index in [4.69, 9.17) is 0 Å². The molecule has 0 radical (unpaired) electrons. The number of aromatic nitrogens is 2. The Morgan fingerprint density at radius 2 is 1.89 bits per heavy atom. The Morgan fingerprint density at radius 3 is 2.66 bits per heavy atom. The summed E-state index contributed by atoms with van der Waals surface area (Å²) in [6.45, 7) is 2.86. The average Bonchev–Trinajstić information content (AvgIpc) is 3.72. The van der Waals surface area contributed by atoms with Crippen LogP contribution in [0.25, 0.3) is 10.9 Å². The molecule has 2 aliphatic rings. The van der Waals surface area contributed by atoms with Crippen LogP contribution in [0.1, 0.15) is 41.9 Å². The monoisotopic (exact) mass is 572 g/mol. The first kappa shape index (κ1) is 25.1. The largest absolute Gasteiger partial charge is 0.343 e. The zero-order valence-corrected chi connectivity index (χ0v) is 23.2. The highest BCUT2D eigenvalue weighted by Gasteiger charge is 2.40. The van der Waals surface area contributed by atoms with Crippen molar-refractivity contribution in [3.8, 4) is 0 Å². The van der Waals surface area contributed by atoms with Crippen LogP contribution < -0.4 is 10.9 Å². The van der Waals surface area contributed by atoms with Gasteiger partial charge in [0.2, 0.25) is 5.91 Å². The number of piperidine rings is 1. The number of carbonyl (C=O) groups is 1. The Labute approximate surface area is 231 Å². The number of amides is 1. The fourth-order valence-electron chi connectivity index (χ4n) is 5.90. The average molecular weight is 574 g/mol. The van der Waals surface area contributed by atoms with E-state index in [9.17, 15) is 9.59 Å². The van der Waals surface area contributed by atoms with E-state index in [-0.39, 0.29) is 29.3 Å². The Hall–Kier alpha value is -3.16. The van der Waals surface area contributed by atoms with Crippen LogP contribution >= 0.6 is 15.9 Å². The second-order valence-corrected chi connectivity index (χ2v) is 11.6. The lowest BCUT2D eigenvalue weighted by Gasteiger charge is -2.35. The minimum atomic E-state index is -0.183. The van der Waals surface area contributed by atoms with Crippen LogP contribution in [-0.4, -0.2) is 39.1 Å². The summed E-state index contributed by atoms with van der Waals surface area (Å²) in [6.07, 6.45) is 6.99. The maximum atomic E-state index is 14.2. The van der Waals surface area contributed by atoms with Crippen molar-refractivity contribution in [1.29, 1.82) is 0 Å². The highest BCUT2D eigenvalue weighted by molar-refractivity contribution is 9.10. The Morgan fingerprint density at radius 1 is 1.08 bits per heavy atom. The molecular formula is C31H33BrN4O2. The molecule has 4 aromatic rings. The van der Waals surface area contributed by atoms with Crippen LogP contribution in [0.5, 0.6) is 0 Å². The highest BCUT2D eigenvalue weighted by Crippen LogP contribution is 2.38. The standard InChI is InChI=1S/C31H33BrN4O2/c1-34-15-13-22(16-29(34)37)25-12-14-33-17-26(25)31(38)36(24-10-11-24)20-23-19-35(18-21-6-3-2-4-7-21)28-9-5-8-27(32)30(23)28/h2-9,13,15-16,19,24-26,33H,10-12,14,17-18,20H2,1H3/t25-,26+/m1/s1. The van der Waals surface area contributed by atoms with Gasteiger partial charge in [-0.15, -0.1) is 0 Å². The van der Waals surface area contributed by atoms with Crippen molar-refractivity contribution >= 4 is 32.7 Å². The summed E-state index contributed by atoms with van der Waals surface area (Å²) in [4.78, 5) is 28.7. The zero-order valence-electron chi connectivity index (χ0n) is 21.6. The Kier molecular flexibility index (Phi) is 6.97. The van der Waals surface area contributed by atoms with E-state index in [2.05, 4.69) is 79.4 Å². The quantitative estimate of drug-likeness (QED) is 0.337. The van der Waals surface area contributed by atoms with Crippen molar-refractivity contribution < 1.29 is 4.79 Å². The molecule has 1 saturated heterocycles. The number of rotatable bonds is 7. The molecule has 1 aliphatic carbocycles. The summed E-state index contributed by atoms with van der Waals surface area (Å²) in [5, 5.41) is 4.62. The van der Waals surface area contributed by atoms with E-state index < -0.39 is 0 Å². The number of hydrogen-bond donors (Lipinski definition) is 1. The molecule has 1 aliphatic heterocycles. The fourth-order valence-corrected chi connectivity index (χ4v) is 6.51. The number of fused-ring (bicyclic) bond motifs is 1. The van der Waals surface area contributed by atoms with E-state index in [1.807, 2.05) is 18.3 Å². The number of pyridine rings is 1. The zero-order chi connectivity index (χ0) is 26.2. The van der Waals surface area contributed by atoms with Gasteiger partial charge in [0.25, 0.3) is 5.56 Å². The molecule has 196 valence electrons. The number of hydrogen-bond acceptors (Lipinski definition) is 3. The lowest BCUT2D eigenvalue weighted by Crippen LogP contribution is -2.47. The molecule has 0 bridgehead atoms. The summed E-state index contributed by atoms with van der Waals surface area (Å²) >= 11 is 3.80. The van der Waals surface area contributed by atoms with Gasteiger partial charge in [0.05, 0.1) is 5.92 Å². The van der Waals surface area contributed by atoms with Crippen LogP contribution in [0.3, 0.4) is 0 Å². The van der Waals surface area contributed by atoms with Crippen LogP contribution in [0, 0.1) is 5.92 Å². The van der Waals surface area contributed by atoms with Gasteiger partial charge in [-0.3, -0.25) is 9.59 Å². The summed E-state index contributed by atoms with van der Waals surface area (Å²) in [5.41, 5.74) is 4.53. The third-order valence-electron chi connectivity index (χ3n) is 8.10. The van der Waals surface area contributed by atoms with Gasteiger partial charge in [-0.05, 0) is 66.6 Å². The predicted molar refractivity (Wildman–Crippen MR) is 154 cm³/mol. The molecule has 0 spiro atoms. The van der Waals surface area contributed by atoms with Crippen LogP contribution in [0.4, 0.5) is 0 Å². The molecule has 2 fully saturated rings. The van der Waals surface area contributed by atoms with Gasteiger partial charge >= 0.3 is 0 Å².